The summed E-state index contributed by atoms with van der Waals surface area (Å²) >= 11 is 1.46. The van der Waals surface area contributed by atoms with Crippen molar-refractivity contribution in [2.45, 2.75) is 43.8 Å². The Morgan fingerprint density at radius 2 is 1.81 bits per heavy atom. The lowest BCUT2D eigenvalue weighted by molar-refractivity contribution is -0.675. The number of aromatic amines is 1. The third-order valence-electron chi connectivity index (χ3n) is 5.55. The minimum atomic E-state index is 0.427. The summed E-state index contributed by atoms with van der Waals surface area (Å²) in [5.74, 6) is 1.93. The molecule has 2 heterocycles. The number of methoxy groups -OCH3 is 2. The molecule has 2 aromatic carbocycles. The molecule has 0 aliphatic heterocycles. The van der Waals surface area contributed by atoms with Crippen molar-refractivity contribution < 1.29 is 14.0 Å². The fourth-order valence-electron chi connectivity index (χ4n) is 4.00. The van der Waals surface area contributed by atoms with Gasteiger partial charge in [-0.3, -0.25) is 0 Å². The average molecular weight is 451 g/mol. The van der Waals surface area contributed by atoms with E-state index >= 15 is 0 Å². The van der Waals surface area contributed by atoms with E-state index in [1.807, 2.05) is 22.8 Å². The highest BCUT2D eigenvalue weighted by Crippen LogP contribution is 2.36. The molecule has 0 saturated heterocycles. The van der Waals surface area contributed by atoms with Crippen LogP contribution >= 0.6 is 11.8 Å². The Balaban J connectivity index is 1.65. The summed E-state index contributed by atoms with van der Waals surface area (Å²) in [5.41, 5.74) is 12.9. The number of nitrogens with one attached hydrogen (secondary N) is 1. The standard InChI is InChI=1S/C24H27N5O2S/c1-14-10-15(2)18(16(3)11-14)8-9-29-13-26-22(25)21-23(29)28-24(27-21)32-20-12-17(30-4)6-7-19(20)31-5/h6-7,10-13H,8-9H2,1-5H3,(H2,25,27,28)/p+1. The number of aryl methyl sites for hydroxylation is 4. The van der Waals surface area contributed by atoms with Gasteiger partial charge in [-0.1, -0.05) is 27.7 Å². The largest absolute Gasteiger partial charge is 0.497 e. The highest BCUT2D eigenvalue weighted by Gasteiger charge is 2.20. The number of aromatic nitrogens is 4. The molecular weight excluding hydrogens is 422 g/mol. The lowest BCUT2D eigenvalue weighted by Gasteiger charge is -2.11. The Morgan fingerprint density at radius 1 is 1.06 bits per heavy atom. The van der Waals surface area contributed by atoms with Gasteiger partial charge in [0.25, 0.3) is 5.65 Å². The van der Waals surface area contributed by atoms with Crippen LogP contribution in [0.3, 0.4) is 0 Å². The van der Waals surface area contributed by atoms with Gasteiger partial charge >= 0.3 is 0 Å². The van der Waals surface area contributed by atoms with Gasteiger partial charge in [0.05, 0.1) is 25.7 Å². The first-order valence-corrected chi connectivity index (χ1v) is 11.2. The van der Waals surface area contributed by atoms with Crippen LogP contribution in [0.5, 0.6) is 11.5 Å². The van der Waals surface area contributed by atoms with Crippen LogP contribution in [-0.2, 0) is 13.0 Å². The Morgan fingerprint density at radius 3 is 2.50 bits per heavy atom. The first-order valence-electron chi connectivity index (χ1n) is 10.4. The smallest absolute Gasteiger partial charge is 0.294 e. The molecule has 32 heavy (non-hydrogen) atoms. The summed E-state index contributed by atoms with van der Waals surface area (Å²) in [5, 5.41) is 0.711. The summed E-state index contributed by atoms with van der Waals surface area (Å²) in [7, 11) is 3.29. The first kappa shape index (κ1) is 22.0. The summed E-state index contributed by atoms with van der Waals surface area (Å²) in [6.07, 6.45) is 2.65. The number of nitrogens with two attached hydrogens (primary N) is 1. The number of nitrogen functional groups attached to an aromatic ring is 1. The number of H-pyrrole nitrogens is 1. The monoisotopic (exact) mass is 450 g/mol. The molecule has 0 bridgehead atoms. The van der Waals surface area contributed by atoms with Crippen LogP contribution in [0.4, 0.5) is 5.82 Å². The van der Waals surface area contributed by atoms with Crippen molar-refractivity contribution in [1.29, 1.82) is 0 Å². The number of fused-ring (bicyclic) bond motifs is 1. The average Bonchev–Trinajstić information content (AvgIpc) is 3.19. The Bertz CT molecular complexity index is 1260. The second-order valence-corrected chi connectivity index (χ2v) is 8.84. The first-order chi connectivity index (χ1) is 15.4. The number of ether oxygens (including phenoxy) is 2. The van der Waals surface area contributed by atoms with Crippen LogP contribution in [0, 0.1) is 20.8 Å². The van der Waals surface area contributed by atoms with E-state index in [9.17, 15) is 0 Å². The zero-order valence-electron chi connectivity index (χ0n) is 19.0. The zero-order chi connectivity index (χ0) is 22.8. The number of rotatable bonds is 7. The fourth-order valence-corrected chi connectivity index (χ4v) is 4.92. The molecule has 4 rings (SSSR count). The third kappa shape index (κ3) is 4.36. The predicted octanol–water partition coefficient (Wildman–Crippen LogP) is 4.16. The molecule has 0 aliphatic carbocycles. The quantitative estimate of drug-likeness (QED) is 0.411. The van der Waals surface area contributed by atoms with E-state index in [1.54, 1.807) is 20.5 Å². The van der Waals surface area contributed by atoms with Gasteiger partial charge in [-0.2, -0.15) is 0 Å². The van der Waals surface area contributed by atoms with Crippen molar-refractivity contribution in [2.75, 3.05) is 20.0 Å². The molecule has 0 saturated carbocycles. The van der Waals surface area contributed by atoms with Crippen LogP contribution in [-0.4, -0.2) is 29.2 Å². The predicted molar refractivity (Wildman–Crippen MR) is 127 cm³/mol. The number of anilines is 1. The van der Waals surface area contributed by atoms with Gasteiger partial charge in [-0.25, -0.2) is 4.57 Å². The molecule has 3 N–H and O–H groups in total. The van der Waals surface area contributed by atoms with E-state index in [-0.39, 0.29) is 0 Å². The minimum absolute atomic E-state index is 0.427. The van der Waals surface area contributed by atoms with E-state index in [2.05, 4.69) is 42.9 Å². The third-order valence-corrected chi connectivity index (χ3v) is 6.47. The van der Waals surface area contributed by atoms with Gasteiger partial charge in [0.1, 0.15) is 11.5 Å². The Labute approximate surface area is 192 Å². The Hall–Kier alpha value is -3.26. The lowest BCUT2D eigenvalue weighted by Crippen LogP contribution is -2.36. The molecule has 0 spiro atoms. The van der Waals surface area contributed by atoms with E-state index < -0.39 is 0 Å². The van der Waals surface area contributed by atoms with Gasteiger partial charge in [0, 0.05) is 6.42 Å². The minimum Gasteiger partial charge on any atom is -0.497 e. The number of hydrogen-bond acceptors (Lipinski definition) is 6. The van der Waals surface area contributed by atoms with E-state index in [0.717, 1.165) is 40.5 Å². The summed E-state index contributed by atoms with van der Waals surface area (Å²) < 4.78 is 12.9. The highest BCUT2D eigenvalue weighted by atomic mass is 32.2. The fraction of sp³-hybridized carbons (Fsp3) is 0.292. The van der Waals surface area contributed by atoms with E-state index in [1.165, 1.54) is 34.0 Å². The second-order valence-electron chi connectivity index (χ2n) is 7.81. The van der Waals surface area contributed by atoms with Crippen LogP contribution < -0.4 is 19.8 Å². The SMILES string of the molecule is COc1ccc(OC)c(Sc2nc3c([nH]2)c(N)nc[n+]3CCc2c(C)cc(C)cc2C)c1. The summed E-state index contributed by atoms with van der Waals surface area (Å²) in [4.78, 5) is 13.4. The number of imidazole rings is 1. The van der Waals surface area contributed by atoms with Crippen molar-refractivity contribution in [3.63, 3.8) is 0 Å². The van der Waals surface area contributed by atoms with Crippen molar-refractivity contribution in [3.8, 4) is 11.5 Å². The number of hydrogen-bond donors (Lipinski definition) is 2. The van der Waals surface area contributed by atoms with Crippen LogP contribution in [0.2, 0.25) is 0 Å². The molecule has 0 amide bonds. The maximum absolute atomic E-state index is 6.16. The molecule has 0 radical (unpaired) electrons. The number of benzene rings is 2. The molecule has 7 nitrogen and oxygen atoms in total. The van der Waals surface area contributed by atoms with E-state index in [4.69, 9.17) is 20.2 Å². The topological polar surface area (TPSA) is 89.9 Å². The molecule has 0 unspecified atom stereocenters. The van der Waals surface area contributed by atoms with Gasteiger partial charge < -0.3 is 20.2 Å². The van der Waals surface area contributed by atoms with Crippen molar-refractivity contribution in [2.24, 2.45) is 0 Å². The zero-order valence-corrected chi connectivity index (χ0v) is 19.8. The maximum Gasteiger partial charge on any atom is 0.294 e. The Kier molecular flexibility index (Phi) is 6.23. The van der Waals surface area contributed by atoms with Gasteiger partial charge in [-0.05, 0) is 67.4 Å². The molecule has 0 fully saturated rings. The summed E-state index contributed by atoms with van der Waals surface area (Å²) in [6.45, 7) is 7.22. The molecule has 0 aliphatic rings. The van der Waals surface area contributed by atoms with Crippen molar-refractivity contribution in [1.82, 2.24) is 15.0 Å². The normalized spacial score (nSPS) is 11.2. The summed E-state index contributed by atoms with van der Waals surface area (Å²) in [6, 6.07) is 10.1. The molecule has 0 atom stereocenters. The van der Waals surface area contributed by atoms with Crippen LogP contribution in [0.1, 0.15) is 22.3 Å². The van der Waals surface area contributed by atoms with Crippen LogP contribution in [0.15, 0.2) is 46.7 Å². The van der Waals surface area contributed by atoms with Crippen molar-refractivity contribution >= 4 is 28.7 Å². The van der Waals surface area contributed by atoms with E-state index in [0.29, 0.717) is 11.0 Å². The molecule has 4 aromatic rings. The second kappa shape index (κ2) is 9.08. The lowest BCUT2D eigenvalue weighted by atomic mass is 9.97. The van der Waals surface area contributed by atoms with Gasteiger partial charge in [0.2, 0.25) is 17.3 Å². The molecule has 2 aromatic heterocycles. The van der Waals surface area contributed by atoms with Gasteiger partial charge in [0.15, 0.2) is 5.52 Å². The van der Waals surface area contributed by atoms with Gasteiger partial charge in [-0.15, -0.1) is 0 Å². The van der Waals surface area contributed by atoms with Crippen LogP contribution in [0.25, 0.3) is 11.2 Å². The molecular formula is C24H28N5O2S+. The molecule has 8 heteroatoms. The molecule has 166 valence electrons. The van der Waals surface area contributed by atoms with Crippen molar-refractivity contribution in [3.05, 3.63) is 58.9 Å². The number of nitrogens with zero attached hydrogens (tertiary/aromatic N) is 3. The maximum atomic E-state index is 6.16. The highest BCUT2D eigenvalue weighted by molar-refractivity contribution is 7.99.